The van der Waals surface area contributed by atoms with Gasteiger partial charge >= 0.3 is 0 Å². The van der Waals surface area contributed by atoms with Crippen molar-refractivity contribution < 1.29 is 9.53 Å². The fraction of sp³-hybridized carbons (Fsp3) is 0.280. The number of likely N-dealkylation sites (tertiary alicyclic amines) is 1. The Kier molecular flexibility index (Phi) is 5.93. The number of nitrogens with one attached hydrogen (secondary N) is 1. The van der Waals surface area contributed by atoms with E-state index in [4.69, 9.17) is 27.2 Å². The molecule has 35 heavy (non-hydrogen) atoms. The average molecular weight is 490 g/mol. The molecule has 1 aliphatic rings. The van der Waals surface area contributed by atoms with Gasteiger partial charge in [-0.15, -0.1) is 0 Å². The smallest absolute Gasteiger partial charge is 0.246 e. The van der Waals surface area contributed by atoms with Gasteiger partial charge in [0.05, 0.1) is 45.6 Å². The van der Waals surface area contributed by atoms with Crippen molar-refractivity contribution in [3.8, 4) is 11.8 Å². The maximum absolute atomic E-state index is 12.4. The lowest BCUT2D eigenvalue weighted by Gasteiger charge is -2.22. The van der Waals surface area contributed by atoms with Crippen molar-refractivity contribution in [3.63, 3.8) is 0 Å². The standard InChI is InChI=1S/C25H24ClN7O2/c1-4-23(34)32-12-16(10-17(32)13-35-3)33-22-7-8-28-25(27)24(22)19(31-33)6-5-15-9-20-21(11-18(15)26)30-14(2)29-20/h4,7-9,11,16-17H,1,10,12-13H2,2-3H3,(H2,27,28)(H,29,30)/t16?,17-/m1/s1. The van der Waals surface area contributed by atoms with E-state index >= 15 is 0 Å². The largest absolute Gasteiger partial charge is 0.383 e. The maximum atomic E-state index is 12.4. The highest BCUT2D eigenvalue weighted by Crippen LogP contribution is 2.33. The summed E-state index contributed by atoms with van der Waals surface area (Å²) in [6, 6.07) is 5.36. The number of carbonyl (C=O) groups excluding carboxylic acids is 1. The van der Waals surface area contributed by atoms with Gasteiger partial charge in [0, 0.05) is 25.4 Å². The van der Waals surface area contributed by atoms with Crippen molar-refractivity contribution in [2.75, 3.05) is 26.0 Å². The van der Waals surface area contributed by atoms with E-state index in [9.17, 15) is 4.79 Å². The lowest BCUT2D eigenvalue weighted by atomic mass is 10.1. The maximum Gasteiger partial charge on any atom is 0.246 e. The predicted molar refractivity (Wildman–Crippen MR) is 135 cm³/mol. The molecule has 1 aromatic carbocycles. The van der Waals surface area contributed by atoms with Gasteiger partial charge in [-0.25, -0.2) is 9.97 Å². The van der Waals surface area contributed by atoms with Gasteiger partial charge in [0.1, 0.15) is 17.3 Å². The zero-order valence-corrected chi connectivity index (χ0v) is 20.1. The molecule has 1 unspecified atom stereocenters. The first-order chi connectivity index (χ1) is 16.9. The van der Waals surface area contributed by atoms with Crippen LogP contribution in [0.3, 0.4) is 0 Å². The molecule has 5 rings (SSSR count). The molecule has 3 N–H and O–H groups in total. The summed E-state index contributed by atoms with van der Waals surface area (Å²) in [4.78, 5) is 26.1. The summed E-state index contributed by atoms with van der Waals surface area (Å²) in [5, 5.41) is 6.00. The van der Waals surface area contributed by atoms with E-state index in [-0.39, 0.29) is 18.0 Å². The van der Waals surface area contributed by atoms with Crippen LogP contribution in [0.2, 0.25) is 5.02 Å². The van der Waals surface area contributed by atoms with E-state index in [1.165, 1.54) is 6.08 Å². The summed E-state index contributed by atoms with van der Waals surface area (Å²) in [6.07, 6.45) is 3.65. The fourth-order valence-electron chi connectivity index (χ4n) is 4.67. The molecule has 178 valence electrons. The molecule has 0 radical (unpaired) electrons. The topological polar surface area (TPSA) is 115 Å². The van der Waals surface area contributed by atoms with Crippen LogP contribution >= 0.6 is 11.6 Å². The van der Waals surface area contributed by atoms with Crippen molar-refractivity contribution >= 4 is 45.3 Å². The molecule has 0 spiro atoms. The Bertz CT molecular complexity index is 1530. The van der Waals surface area contributed by atoms with Crippen molar-refractivity contribution in [1.82, 2.24) is 29.6 Å². The number of amides is 1. The van der Waals surface area contributed by atoms with Gasteiger partial charge in [0.15, 0.2) is 0 Å². The molecule has 1 aliphatic heterocycles. The highest BCUT2D eigenvalue weighted by molar-refractivity contribution is 6.32. The number of carbonyl (C=O) groups is 1. The lowest BCUT2D eigenvalue weighted by molar-refractivity contribution is -0.127. The Hall–Kier alpha value is -3.87. The van der Waals surface area contributed by atoms with Crippen LogP contribution in [0.5, 0.6) is 0 Å². The molecule has 0 aliphatic carbocycles. The number of aromatic nitrogens is 5. The monoisotopic (exact) mass is 489 g/mol. The SMILES string of the molecule is C=CC(=O)N1CC(n2nc(C#Cc3cc4nc(C)[nH]c4cc3Cl)c3c(N)nccc32)C[C@@H]1COC. The number of pyridine rings is 1. The van der Waals surface area contributed by atoms with Gasteiger partial charge in [-0.05, 0) is 43.5 Å². The number of methoxy groups -OCH3 is 1. The number of imidazole rings is 1. The second-order valence-electron chi connectivity index (χ2n) is 8.50. The molecular weight excluding hydrogens is 466 g/mol. The fourth-order valence-corrected chi connectivity index (χ4v) is 4.88. The number of rotatable bonds is 4. The number of benzene rings is 1. The highest BCUT2D eigenvalue weighted by Gasteiger charge is 2.36. The molecular formula is C25H24ClN7O2. The first kappa shape index (κ1) is 22.9. The van der Waals surface area contributed by atoms with Crippen LogP contribution in [0.15, 0.2) is 37.1 Å². The lowest BCUT2D eigenvalue weighted by Crippen LogP contribution is -2.37. The number of aryl methyl sites for hydroxylation is 1. The van der Waals surface area contributed by atoms with Crippen molar-refractivity contribution in [2.24, 2.45) is 0 Å². The number of nitrogen functional groups attached to an aromatic ring is 1. The van der Waals surface area contributed by atoms with E-state index in [0.29, 0.717) is 47.1 Å². The molecule has 1 amide bonds. The number of hydrogen-bond acceptors (Lipinski definition) is 6. The van der Waals surface area contributed by atoms with Crippen molar-refractivity contribution in [1.29, 1.82) is 0 Å². The van der Waals surface area contributed by atoms with Gasteiger partial charge in [-0.1, -0.05) is 24.1 Å². The molecule has 4 heterocycles. The molecule has 2 atom stereocenters. The first-order valence-corrected chi connectivity index (χ1v) is 11.5. The minimum atomic E-state index is -0.133. The summed E-state index contributed by atoms with van der Waals surface area (Å²) < 4.78 is 7.23. The number of anilines is 1. The Morgan fingerprint density at radius 2 is 2.26 bits per heavy atom. The van der Waals surface area contributed by atoms with E-state index in [2.05, 4.69) is 33.4 Å². The molecule has 10 heteroatoms. The Labute approximate surface area is 206 Å². The number of aromatic amines is 1. The summed E-state index contributed by atoms with van der Waals surface area (Å²) in [7, 11) is 1.63. The number of hydrogen-bond donors (Lipinski definition) is 2. The Morgan fingerprint density at radius 1 is 1.43 bits per heavy atom. The number of H-pyrrole nitrogens is 1. The molecule has 3 aromatic heterocycles. The number of nitrogens with two attached hydrogens (primary N) is 1. The van der Waals surface area contributed by atoms with E-state index in [0.717, 1.165) is 22.4 Å². The van der Waals surface area contributed by atoms with Crippen LogP contribution in [-0.2, 0) is 9.53 Å². The summed E-state index contributed by atoms with van der Waals surface area (Å²) in [6.45, 7) is 6.42. The third-order valence-electron chi connectivity index (χ3n) is 6.21. The third kappa shape index (κ3) is 4.11. The molecule has 4 aromatic rings. The summed E-state index contributed by atoms with van der Waals surface area (Å²) in [5.41, 5.74) is 9.83. The van der Waals surface area contributed by atoms with E-state index in [1.807, 2.05) is 29.8 Å². The van der Waals surface area contributed by atoms with Crippen LogP contribution in [-0.4, -0.2) is 61.8 Å². The highest BCUT2D eigenvalue weighted by atomic mass is 35.5. The number of halogens is 1. The number of nitrogens with zero attached hydrogens (tertiary/aromatic N) is 5. The van der Waals surface area contributed by atoms with Gasteiger partial charge in [0.2, 0.25) is 5.91 Å². The molecule has 0 bridgehead atoms. The van der Waals surface area contributed by atoms with Crippen LogP contribution in [0.1, 0.15) is 29.5 Å². The van der Waals surface area contributed by atoms with Gasteiger partial charge < -0.3 is 20.4 Å². The van der Waals surface area contributed by atoms with Gasteiger partial charge in [-0.3, -0.25) is 9.48 Å². The minimum absolute atomic E-state index is 0.0775. The van der Waals surface area contributed by atoms with Crippen molar-refractivity contribution in [2.45, 2.75) is 25.4 Å². The third-order valence-corrected chi connectivity index (χ3v) is 6.52. The Balaban J connectivity index is 1.57. The molecule has 1 fully saturated rings. The molecule has 0 saturated carbocycles. The van der Waals surface area contributed by atoms with Gasteiger partial charge in [-0.2, -0.15) is 5.10 Å². The first-order valence-electron chi connectivity index (χ1n) is 11.1. The normalized spacial score (nSPS) is 17.6. The quantitative estimate of drug-likeness (QED) is 0.336. The second kappa shape index (κ2) is 9.06. The summed E-state index contributed by atoms with van der Waals surface area (Å²) in [5.74, 6) is 7.27. The van der Waals surface area contributed by atoms with Crippen LogP contribution in [0, 0.1) is 18.8 Å². The number of ether oxygens (including phenoxy) is 1. The zero-order valence-electron chi connectivity index (χ0n) is 19.4. The minimum Gasteiger partial charge on any atom is -0.383 e. The average Bonchev–Trinajstić information content (AvgIpc) is 3.52. The van der Waals surface area contributed by atoms with E-state index < -0.39 is 0 Å². The Morgan fingerprint density at radius 3 is 3.03 bits per heavy atom. The van der Waals surface area contributed by atoms with Crippen LogP contribution in [0.4, 0.5) is 5.82 Å². The second-order valence-corrected chi connectivity index (χ2v) is 8.91. The molecule has 9 nitrogen and oxygen atoms in total. The van der Waals surface area contributed by atoms with E-state index in [1.54, 1.807) is 18.2 Å². The van der Waals surface area contributed by atoms with Crippen molar-refractivity contribution in [3.05, 3.63) is 59.2 Å². The van der Waals surface area contributed by atoms with Crippen LogP contribution < -0.4 is 5.73 Å². The summed E-state index contributed by atoms with van der Waals surface area (Å²) >= 11 is 6.47. The van der Waals surface area contributed by atoms with Gasteiger partial charge in [0.25, 0.3) is 0 Å². The molecule has 1 saturated heterocycles. The van der Waals surface area contributed by atoms with Crippen LogP contribution in [0.25, 0.3) is 21.9 Å². The predicted octanol–water partition coefficient (Wildman–Crippen LogP) is 3.23. The number of fused-ring (bicyclic) bond motifs is 2. The zero-order chi connectivity index (χ0) is 24.7.